The van der Waals surface area contributed by atoms with Gasteiger partial charge in [0.1, 0.15) is 0 Å². The van der Waals surface area contributed by atoms with E-state index in [4.69, 9.17) is 0 Å². The van der Waals surface area contributed by atoms with Gasteiger partial charge in [-0.15, -0.1) is 0 Å². The number of rotatable bonds is 4. The average Bonchev–Trinajstić information content (AvgIpc) is 2.55. The second-order valence-electron chi connectivity index (χ2n) is 5.13. The minimum atomic E-state index is -0.392. The number of pyridine rings is 1. The van der Waals surface area contributed by atoms with Crippen LogP contribution in [-0.2, 0) is 6.54 Å². The second kappa shape index (κ2) is 5.81. The average molecular weight is 293 g/mol. The van der Waals surface area contributed by atoms with E-state index in [1.54, 1.807) is 12.1 Å². The summed E-state index contributed by atoms with van der Waals surface area (Å²) in [6.45, 7) is 0.678. The number of hydrogen-bond acceptors (Lipinski definition) is 4. The monoisotopic (exact) mass is 293 g/mol. The van der Waals surface area contributed by atoms with Crippen LogP contribution in [0.2, 0.25) is 0 Å². The van der Waals surface area contributed by atoms with E-state index < -0.39 is 4.92 Å². The summed E-state index contributed by atoms with van der Waals surface area (Å²) in [5.74, 6) is 0. The lowest BCUT2D eigenvalue weighted by Gasteiger charge is -2.18. The molecule has 5 heteroatoms. The SMILES string of the molecule is CN(Cc1ccc2cc([N+](=O)[O-])ccc2n1)c1ccccc1. The Labute approximate surface area is 128 Å². The number of hydrogen-bond donors (Lipinski definition) is 0. The molecule has 0 atom stereocenters. The van der Waals surface area contributed by atoms with Gasteiger partial charge in [-0.2, -0.15) is 0 Å². The fraction of sp³-hybridized carbons (Fsp3) is 0.118. The molecule has 2 aromatic carbocycles. The van der Waals surface area contributed by atoms with Gasteiger partial charge in [-0.05, 0) is 24.3 Å². The predicted octanol–water partition coefficient (Wildman–Crippen LogP) is 3.78. The van der Waals surface area contributed by atoms with E-state index in [9.17, 15) is 10.1 Å². The first kappa shape index (κ1) is 14.0. The van der Waals surface area contributed by atoms with Gasteiger partial charge in [0.05, 0.1) is 22.7 Å². The van der Waals surface area contributed by atoms with Gasteiger partial charge in [-0.1, -0.05) is 24.3 Å². The molecule has 0 fully saturated rings. The van der Waals surface area contributed by atoms with Crippen LogP contribution in [0.3, 0.4) is 0 Å². The maximum absolute atomic E-state index is 10.8. The first-order valence-corrected chi connectivity index (χ1v) is 6.94. The fourth-order valence-electron chi connectivity index (χ4n) is 2.37. The highest BCUT2D eigenvalue weighted by Gasteiger charge is 2.08. The molecule has 0 amide bonds. The van der Waals surface area contributed by atoms with Crippen LogP contribution in [0.15, 0.2) is 60.7 Å². The van der Waals surface area contributed by atoms with E-state index in [0.29, 0.717) is 6.54 Å². The van der Waals surface area contributed by atoms with Crippen LogP contribution in [0.4, 0.5) is 11.4 Å². The van der Waals surface area contributed by atoms with Crippen molar-refractivity contribution in [3.05, 3.63) is 76.5 Å². The molecular formula is C17H15N3O2. The number of para-hydroxylation sites is 1. The third-order valence-corrected chi connectivity index (χ3v) is 3.54. The summed E-state index contributed by atoms with van der Waals surface area (Å²) < 4.78 is 0. The zero-order valence-corrected chi connectivity index (χ0v) is 12.1. The Bertz CT molecular complexity index is 819. The van der Waals surface area contributed by atoms with Crippen LogP contribution >= 0.6 is 0 Å². The number of nitro benzene ring substituents is 1. The van der Waals surface area contributed by atoms with Gasteiger partial charge in [-0.25, -0.2) is 0 Å². The molecule has 0 radical (unpaired) electrons. The topological polar surface area (TPSA) is 59.3 Å². The van der Waals surface area contributed by atoms with E-state index in [-0.39, 0.29) is 5.69 Å². The molecule has 3 aromatic rings. The predicted molar refractivity (Wildman–Crippen MR) is 86.9 cm³/mol. The Morgan fingerprint density at radius 1 is 1.09 bits per heavy atom. The Morgan fingerprint density at radius 3 is 2.59 bits per heavy atom. The van der Waals surface area contributed by atoms with Crippen molar-refractivity contribution < 1.29 is 4.92 Å². The number of non-ortho nitro benzene ring substituents is 1. The Morgan fingerprint density at radius 2 is 1.86 bits per heavy atom. The van der Waals surface area contributed by atoms with Gasteiger partial charge in [0.2, 0.25) is 0 Å². The summed E-state index contributed by atoms with van der Waals surface area (Å²) >= 11 is 0. The van der Waals surface area contributed by atoms with Crippen LogP contribution in [0.5, 0.6) is 0 Å². The number of anilines is 1. The van der Waals surface area contributed by atoms with Crippen LogP contribution in [0.25, 0.3) is 10.9 Å². The molecule has 0 aliphatic rings. The quantitative estimate of drug-likeness (QED) is 0.542. The van der Waals surface area contributed by atoms with Gasteiger partial charge in [0, 0.05) is 30.3 Å². The van der Waals surface area contributed by atoms with Gasteiger partial charge < -0.3 is 4.90 Å². The van der Waals surface area contributed by atoms with E-state index >= 15 is 0 Å². The zero-order chi connectivity index (χ0) is 15.5. The van der Waals surface area contributed by atoms with Crippen molar-refractivity contribution in [2.75, 3.05) is 11.9 Å². The Balaban J connectivity index is 1.86. The van der Waals surface area contributed by atoms with Crippen LogP contribution in [-0.4, -0.2) is 17.0 Å². The highest BCUT2D eigenvalue weighted by molar-refractivity contribution is 5.81. The van der Waals surface area contributed by atoms with Crippen molar-refractivity contribution in [1.29, 1.82) is 0 Å². The van der Waals surface area contributed by atoms with Gasteiger partial charge >= 0.3 is 0 Å². The molecule has 0 spiro atoms. The van der Waals surface area contributed by atoms with E-state index in [2.05, 4.69) is 9.88 Å². The molecule has 0 aliphatic carbocycles. The first-order chi connectivity index (χ1) is 10.6. The van der Waals surface area contributed by atoms with Crippen molar-refractivity contribution in [2.45, 2.75) is 6.54 Å². The molecule has 0 N–H and O–H groups in total. The Kier molecular flexibility index (Phi) is 3.70. The smallest absolute Gasteiger partial charge is 0.270 e. The molecule has 0 unspecified atom stereocenters. The van der Waals surface area contributed by atoms with Gasteiger partial charge in [-0.3, -0.25) is 15.1 Å². The maximum Gasteiger partial charge on any atom is 0.270 e. The summed E-state index contributed by atoms with van der Waals surface area (Å²) in [5.41, 5.74) is 2.90. The number of fused-ring (bicyclic) bond motifs is 1. The highest BCUT2D eigenvalue weighted by Crippen LogP contribution is 2.21. The summed E-state index contributed by atoms with van der Waals surface area (Å²) in [6, 6.07) is 18.6. The largest absolute Gasteiger partial charge is 0.369 e. The summed E-state index contributed by atoms with van der Waals surface area (Å²) in [6.07, 6.45) is 0. The van der Waals surface area contributed by atoms with Crippen molar-refractivity contribution >= 4 is 22.3 Å². The highest BCUT2D eigenvalue weighted by atomic mass is 16.6. The minimum Gasteiger partial charge on any atom is -0.369 e. The number of aromatic nitrogens is 1. The normalized spacial score (nSPS) is 10.6. The summed E-state index contributed by atoms with van der Waals surface area (Å²) in [4.78, 5) is 17.1. The molecule has 0 bridgehead atoms. The molecule has 110 valence electrons. The summed E-state index contributed by atoms with van der Waals surface area (Å²) in [7, 11) is 2.01. The van der Waals surface area contributed by atoms with Gasteiger partial charge in [0.25, 0.3) is 5.69 Å². The van der Waals surface area contributed by atoms with Gasteiger partial charge in [0.15, 0.2) is 0 Å². The Hall–Kier alpha value is -2.95. The minimum absolute atomic E-state index is 0.0865. The molecule has 22 heavy (non-hydrogen) atoms. The molecule has 1 aromatic heterocycles. The second-order valence-corrected chi connectivity index (χ2v) is 5.13. The molecule has 5 nitrogen and oxygen atoms in total. The van der Waals surface area contributed by atoms with Crippen LogP contribution in [0, 0.1) is 10.1 Å². The van der Waals surface area contributed by atoms with Crippen molar-refractivity contribution in [1.82, 2.24) is 4.98 Å². The lowest BCUT2D eigenvalue weighted by atomic mass is 10.2. The number of nitrogens with zero attached hydrogens (tertiary/aromatic N) is 3. The van der Waals surface area contributed by atoms with Crippen LogP contribution < -0.4 is 4.90 Å². The first-order valence-electron chi connectivity index (χ1n) is 6.94. The fourth-order valence-corrected chi connectivity index (χ4v) is 2.37. The maximum atomic E-state index is 10.8. The van der Waals surface area contributed by atoms with Crippen molar-refractivity contribution in [3.8, 4) is 0 Å². The number of nitro groups is 1. The third-order valence-electron chi connectivity index (χ3n) is 3.54. The van der Waals surface area contributed by atoms with E-state index in [1.807, 2.05) is 49.5 Å². The third kappa shape index (κ3) is 2.88. The lowest BCUT2D eigenvalue weighted by molar-refractivity contribution is -0.384. The molecule has 0 aliphatic heterocycles. The van der Waals surface area contributed by atoms with Crippen molar-refractivity contribution in [3.63, 3.8) is 0 Å². The number of benzene rings is 2. The molecule has 0 saturated heterocycles. The van der Waals surface area contributed by atoms with Crippen molar-refractivity contribution in [2.24, 2.45) is 0 Å². The molecule has 1 heterocycles. The zero-order valence-electron chi connectivity index (χ0n) is 12.1. The lowest BCUT2D eigenvalue weighted by Crippen LogP contribution is -2.16. The summed E-state index contributed by atoms with van der Waals surface area (Å²) in [5, 5.41) is 11.6. The molecule has 3 rings (SSSR count). The standard InChI is InChI=1S/C17H15N3O2/c1-19(15-5-3-2-4-6-15)12-14-8-7-13-11-16(20(21)22)9-10-17(13)18-14/h2-11H,12H2,1H3. The molecular weight excluding hydrogens is 278 g/mol. The van der Waals surface area contributed by atoms with Crippen LogP contribution in [0.1, 0.15) is 5.69 Å². The molecule has 0 saturated carbocycles. The van der Waals surface area contributed by atoms with E-state index in [1.165, 1.54) is 6.07 Å². The van der Waals surface area contributed by atoms with E-state index in [0.717, 1.165) is 22.3 Å².